The monoisotopic (exact) mass is 431 g/mol. The summed E-state index contributed by atoms with van der Waals surface area (Å²) in [5.41, 5.74) is 2.56. The molecule has 3 rings (SSSR count). The molecule has 3 fully saturated rings. The van der Waals surface area contributed by atoms with Crippen molar-refractivity contribution in [2.75, 3.05) is 14.1 Å². The van der Waals surface area contributed by atoms with Crippen LogP contribution in [0.25, 0.3) is 0 Å². The first-order valence-corrected chi connectivity index (χ1v) is 11.3. The van der Waals surface area contributed by atoms with E-state index in [1.807, 2.05) is 0 Å². The van der Waals surface area contributed by atoms with Crippen molar-refractivity contribution < 1.29 is 13.2 Å². The van der Waals surface area contributed by atoms with Crippen molar-refractivity contribution in [1.29, 1.82) is 0 Å². The highest BCUT2D eigenvalue weighted by Gasteiger charge is 2.34. The maximum Gasteiger partial charge on any atom is 0.284 e. The summed E-state index contributed by atoms with van der Waals surface area (Å²) < 4.78 is 25.7. The van der Waals surface area contributed by atoms with Crippen LogP contribution in [0.4, 0.5) is 0 Å². The van der Waals surface area contributed by atoms with E-state index in [-0.39, 0.29) is 17.9 Å². The summed E-state index contributed by atoms with van der Waals surface area (Å²) in [6, 6.07) is 0.207. The fraction of sp³-hybridized carbons (Fsp3) is 0.688. The molecule has 0 saturated heterocycles. The number of nitrogens with one attached hydrogen (secondary N) is 3. The van der Waals surface area contributed by atoms with Gasteiger partial charge < -0.3 is 5.32 Å². The molecular formula is C16H25N5O3S3. The Balaban J connectivity index is 1.70. The van der Waals surface area contributed by atoms with Gasteiger partial charge in [0.2, 0.25) is 0 Å². The van der Waals surface area contributed by atoms with Crippen LogP contribution in [-0.2, 0) is 14.8 Å². The van der Waals surface area contributed by atoms with Gasteiger partial charge in [-0.2, -0.15) is 0 Å². The lowest BCUT2D eigenvalue weighted by atomic mass is 10.4. The standard InChI is InChI=1S/C16H25N5O3S3/c1-20(15(25)10-3-4-10)18-14(22)13(9-17-12-7-8-12)27(23,24)19-21(2)16(26)11-5-6-11/h9-12,17,19H,3-8H2,1-2H3,(H,18,22). The molecule has 0 bridgehead atoms. The van der Waals surface area contributed by atoms with Crippen LogP contribution in [0.15, 0.2) is 11.1 Å². The second kappa shape index (κ2) is 7.98. The number of amides is 1. The summed E-state index contributed by atoms with van der Waals surface area (Å²) >= 11 is 10.6. The van der Waals surface area contributed by atoms with Gasteiger partial charge in [-0.25, -0.2) is 8.42 Å². The summed E-state index contributed by atoms with van der Waals surface area (Å²) in [5, 5.41) is 5.70. The Morgan fingerprint density at radius 2 is 1.48 bits per heavy atom. The van der Waals surface area contributed by atoms with Crippen LogP contribution < -0.4 is 15.6 Å². The third-order valence-corrected chi connectivity index (χ3v) is 7.19. The van der Waals surface area contributed by atoms with E-state index in [9.17, 15) is 13.2 Å². The highest BCUT2D eigenvalue weighted by molar-refractivity contribution is 7.94. The average molecular weight is 432 g/mol. The minimum atomic E-state index is -4.11. The van der Waals surface area contributed by atoms with Gasteiger partial charge in [0.1, 0.15) is 0 Å². The van der Waals surface area contributed by atoms with E-state index in [2.05, 4.69) is 15.6 Å². The van der Waals surface area contributed by atoms with Crippen LogP contribution in [0.5, 0.6) is 0 Å². The highest BCUT2D eigenvalue weighted by Crippen LogP contribution is 2.32. The first kappa shape index (κ1) is 20.4. The molecule has 3 aliphatic rings. The lowest BCUT2D eigenvalue weighted by Crippen LogP contribution is -2.49. The number of carbonyl (C=O) groups is 1. The van der Waals surface area contributed by atoms with Gasteiger partial charge in [0, 0.05) is 38.2 Å². The largest absolute Gasteiger partial charge is 0.387 e. The number of sulfonamides is 1. The summed E-state index contributed by atoms with van der Waals surface area (Å²) in [7, 11) is -0.935. The molecule has 27 heavy (non-hydrogen) atoms. The van der Waals surface area contributed by atoms with Gasteiger partial charge >= 0.3 is 0 Å². The van der Waals surface area contributed by atoms with E-state index < -0.39 is 20.8 Å². The molecule has 0 atom stereocenters. The molecule has 0 aromatic rings. The molecule has 0 unspecified atom stereocenters. The van der Waals surface area contributed by atoms with Crippen LogP contribution in [0.1, 0.15) is 38.5 Å². The molecule has 0 aromatic carbocycles. The van der Waals surface area contributed by atoms with E-state index in [1.165, 1.54) is 16.2 Å². The first-order valence-electron chi connectivity index (χ1n) is 9.04. The third-order valence-electron chi connectivity index (χ3n) is 4.58. The SMILES string of the molecule is CN(NC(=O)C(=CNC1CC1)S(=O)(=O)NN(C)C(=S)C1CC1)C(=S)C1CC1. The van der Waals surface area contributed by atoms with E-state index >= 15 is 0 Å². The number of hydrogen-bond donors (Lipinski definition) is 3. The summed E-state index contributed by atoms with van der Waals surface area (Å²) in [6.07, 6.45) is 7.08. The predicted molar refractivity (Wildman–Crippen MR) is 111 cm³/mol. The van der Waals surface area contributed by atoms with E-state index in [0.29, 0.717) is 9.98 Å². The van der Waals surface area contributed by atoms with Crippen LogP contribution in [0.2, 0.25) is 0 Å². The Kier molecular flexibility index (Phi) is 6.04. The van der Waals surface area contributed by atoms with E-state index in [4.69, 9.17) is 24.4 Å². The van der Waals surface area contributed by atoms with E-state index in [0.717, 1.165) is 38.5 Å². The normalized spacial score (nSPS) is 20.0. The lowest BCUT2D eigenvalue weighted by molar-refractivity contribution is -0.119. The van der Waals surface area contributed by atoms with Gasteiger partial charge in [0.05, 0.1) is 9.98 Å². The number of carbonyl (C=O) groups excluding carboxylic acids is 1. The topological polar surface area (TPSA) is 93.8 Å². The molecule has 0 heterocycles. The third kappa shape index (κ3) is 5.59. The van der Waals surface area contributed by atoms with Crippen molar-refractivity contribution in [1.82, 2.24) is 25.6 Å². The zero-order valence-corrected chi connectivity index (χ0v) is 17.8. The number of hydrazine groups is 2. The van der Waals surface area contributed by atoms with Crippen LogP contribution in [-0.4, -0.2) is 54.5 Å². The fourth-order valence-electron chi connectivity index (χ4n) is 2.45. The summed E-state index contributed by atoms with van der Waals surface area (Å²) in [5.74, 6) is -0.244. The second-order valence-electron chi connectivity index (χ2n) is 7.33. The number of hydrogen-bond acceptors (Lipinski definition) is 6. The van der Waals surface area contributed by atoms with Crippen LogP contribution >= 0.6 is 24.4 Å². The van der Waals surface area contributed by atoms with Crippen molar-refractivity contribution in [3.8, 4) is 0 Å². The van der Waals surface area contributed by atoms with Gasteiger partial charge in [-0.1, -0.05) is 24.4 Å². The Labute approximate surface area is 170 Å². The van der Waals surface area contributed by atoms with Gasteiger partial charge in [-0.3, -0.25) is 20.2 Å². The fourth-order valence-corrected chi connectivity index (χ4v) is 4.14. The number of nitrogens with zero attached hydrogens (tertiary/aromatic N) is 2. The molecule has 0 spiro atoms. The van der Waals surface area contributed by atoms with Crippen LogP contribution in [0.3, 0.4) is 0 Å². The van der Waals surface area contributed by atoms with Crippen molar-refractivity contribution in [3.63, 3.8) is 0 Å². The second-order valence-corrected chi connectivity index (χ2v) is 9.79. The molecule has 150 valence electrons. The minimum absolute atomic E-state index is 0.207. The average Bonchev–Trinajstić information content (AvgIpc) is 3.47. The molecule has 3 saturated carbocycles. The molecule has 0 aromatic heterocycles. The molecule has 3 aliphatic carbocycles. The molecule has 3 N–H and O–H groups in total. The van der Waals surface area contributed by atoms with Crippen molar-refractivity contribution >= 4 is 50.3 Å². The number of rotatable bonds is 8. The van der Waals surface area contributed by atoms with Gasteiger partial charge in [-0.05, 0) is 38.5 Å². The van der Waals surface area contributed by atoms with Crippen molar-refractivity contribution in [3.05, 3.63) is 11.1 Å². The van der Waals surface area contributed by atoms with Gasteiger partial charge in [-0.15, -0.1) is 4.83 Å². The molecule has 0 aliphatic heterocycles. The molecular weight excluding hydrogens is 406 g/mol. The lowest BCUT2D eigenvalue weighted by Gasteiger charge is -2.24. The maximum absolute atomic E-state index is 12.8. The van der Waals surface area contributed by atoms with Crippen molar-refractivity contribution in [2.24, 2.45) is 11.8 Å². The highest BCUT2D eigenvalue weighted by atomic mass is 32.2. The van der Waals surface area contributed by atoms with Gasteiger partial charge in [0.15, 0.2) is 4.91 Å². The Hall–Kier alpha value is -1.30. The smallest absolute Gasteiger partial charge is 0.284 e. The molecule has 11 heteroatoms. The maximum atomic E-state index is 12.8. The zero-order chi connectivity index (χ0) is 19.8. The summed E-state index contributed by atoms with van der Waals surface area (Å²) in [6.45, 7) is 0. The minimum Gasteiger partial charge on any atom is -0.387 e. The predicted octanol–water partition coefficient (Wildman–Crippen LogP) is 0.784. The molecule has 8 nitrogen and oxygen atoms in total. The van der Waals surface area contributed by atoms with Gasteiger partial charge in [0.25, 0.3) is 15.9 Å². The van der Waals surface area contributed by atoms with Crippen LogP contribution in [0, 0.1) is 11.8 Å². The molecule has 0 radical (unpaired) electrons. The Bertz CT molecular complexity index is 770. The van der Waals surface area contributed by atoms with E-state index in [1.54, 1.807) is 14.1 Å². The van der Waals surface area contributed by atoms with Crippen molar-refractivity contribution in [2.45, 2.75) is 44.6 Å². The summed E-state index contributed by atoms with van der Waals surface area (Å²) in [4.78, 5) is 15.8. The Morgan fingerprint density at radius 1 is 0.963 bits per heavy atom. The zero-order valence-electron chi connectivity index (χ0n) is 15.4. The molecule has 1 amide bonds. The number of thiocarbonyl (C=S) groups is 2. The Morgan fingerprint density at radius 3 is 1.96 bits per heavy atom. The first-order chi connectivity index (χ1) is 12.7. The quantitative estimate of drug-likeness (QED) is 0.295.